The van der Waals surface area contributed by atoms with Gasteiger partial charge >= 0.3 is 0 Å². The standard InChI is InChI=1S/C17H15N3O2.C11H14N4O/c21-11-12-4-3-7-18-16(12)20-9-6-15-14(17(20)22)10-13-5-1-2-8-19(13)15;1-8-7-10(13-15(8)3)12-9-5-4-6-14(2)11(9)16/h3-4,6-7,9-11H,1-2,5,8H2;4-7H,1-3H3,(H,12,13). The first-order valence-electron chi connectivity index (χ1n) is 12.4. The Kier molecular flexibility index (Phi) is 6.78. The van der Waals surface area contributed by atoms with Crippen LogP contribution in [0.4, 0.5) is 11.5 Å². The van der Waals surface area contributed by atoms with Crippen molar-refractivity contribution in [1.82, 2.24) is 28.5 Å². The van der Waals surface area contributed by atoms with Gasteiger partial charge in [-0.1, -0.05) is 0 Å². The van der Waals surface area contributed by atoms with E-state index >= 15 is 0 Å². The van der Waals surface area contributed by atoms with Gasteiger partial charge in [0.05, 0.1) is 16.5 Å². The molecular weight excluding hydrogens is 482 g/mol. The van der Waals surface area contributed by atoms with E-state index in [4.69, 9.17) is 0 Å². The lowest BCUT2D eigenvalue weighted by molar-refractivity contribution is 0.112. The van der Waals surface area contributed by atoms with E-state index in [1.807, 2.05) is 38.2 Å². The smallest absolute Gasteiger partial charge is 0.274 e. The number of anilines is 2. The van der Waals surface area contributed by atoms with E-state index in [0.717, 1.165) is 36.9 Å². The normalized spacial score (nSPS) is 12.5. The molecule has 0 aromatic carbocycles. The number of pyridine rings is 3. The number of hydrogen-bond acceptors (Lipinski definition) is 6. The summed E-state index contributed by atoms with van der Waals surface area (Å²) < 4.78 is 6.97. The van der Waals surface area contributed by atoms with Crippen molar-refractivity contribution in [3.8, 4) is 5.82 Å². The second-order valence-electron chi connectivity index (χ2n) is 9.33. The van der Waals surface area contributed by atoms with Crippen molar-refractivity contribution in [1.29, 1.82) is 0 Å². The summed E-state index contributed by atoms with van der Waals surface area (Å²) in [7, 11) is 3.58. The van der Waals surface area contributed by atoms with Gasteiger partial charge in [0.25, 0.3) is 11.1 Å². The molecule has 0 saturated heterocycles. The number of rotatable bonds is 4. The number of hydrogen-bond donors (Lipinski definition) is 1. The molecule has 10 nitrogen and oxygen atoms in total. The highest BCUT2D eigenvalue weighted by Crippen LogP contribution is 2.23. The van der Waals surface area contributed by atoms with E-state index in [9.17, 15) is 14.4 Å². The third-order valence-corrected chi connectivity index (χ3v) is 6.79. The zero-order chi connectivity index (χ0) is 26.8. The SMILES string of the molecule is Cc1cc(Nc2cccn(C)c2=O)nn1C.O=Cc1cccnc1-n1ccc2c(cc3n2CCCC3)c1=O. The summed E-state index contributed by atoms with van der Waals surface area (Å²) in [5.74, 6) is 1.07. The van der Waals surface area contributed by atoms with Crippen LogP contribution in [-0.2, 0) is 27.1 Å². The fraction of sp³-hybridized carbons (Fsp3) is 0.250. The summed E-state index contributed by atoms with van der Waals surface area (Å²) in [6.07, 6.45) is 9.07. The van der Waals surface area contributed by atoms with Crippen molar-refractivity contribution in [2.75, 3.05) is 5.32 Å². The molecule has 0 amide bonds. The molecule has 1 N–H and O–H groups in total. The molecule has 10 heteroatoms. The lowest BCUT2D eigenvalue weighted by Gasteiger charge is -2.15. The molecule has 0 aliphatic carbocycles. The number of aromatic nitrogens is 6. The molecule has 6 rings (SSSR count). The van der Waals surface area contributed by atoms with Gasteiger partial charge in [-0.25, -0.2) is 4.98 Å². The van der Waals surface area contributed by atoms with Gasteiger partial charge in [-0.15, -0.1) is 0 Å². The van der Waals surface area contributed by atoms with Crippen molar-refractivity contribution in [2.45, 2.75) is 32.7 Å². The van der Waals surface area contributed by atoms with Gasteiger partial charge in [0.1, 0.15) is 11.5 Å². The molecule has 38 heavy (non-hydrogen) atoms. The van der Waals surface area contributed by atoms with E-state index in [2.05, 4.69) is 20.0 Å². The number of nitrogens with one attached hydrogen (secondary N) is 1. The predicted octanol–water partition coefficient (Wildman–Crippen LogP) is 3.51. The lowest BCUT2D eigenvalue weighted by Crippen LogP contribution is -2.20. The second kappa shape index (κ2) is 10.3. The fourth-order valence-electron chi connectivity index (χ4n) is 4.68. The first-order chi connectivity index (χ1) is 18.4. The molecule has 0 unspecified atom stereocenters. The lowest BCUT2D eigenvalue weighted by atomic mass is 10.1. The maximum atomic E-state index is 12.8. The highest BCUT2D eigenvalue weighted by molar-refractivity contribution is 5.82. The molecule has 5 aromatic rings. The van der Waals surface area contributed by atoms with Gasteiger partial charge in [-0.3, -0.25) is 23.6 Å². The van der Waals surface area contributed by atoms with Crippen LogP contribution in [0.1, 0.15) is 34.6 Å². The van der Waals surface area contributed by atoms with Crippen LogP contribution in [0.3, 0.4) is 0 Å². The molecule has 0 atom stereocenters. The van der Waals surface area contributed by atoms with Crippen molar-refractivity contribution in [3.63, 3.8) is 0 Å². The highest BCUT2D eigenvalue weighted by atomic mass is 16.1. The topological polar surface area (TPSA) is 109 Å². The summed E-state index contributed by atoms with van der Waals surface area (Å²) in [6, 6.07) is 12.7. The molecule has 5 aromatic heterocycles. The van der Waals surface area contributed by atoms with Crippen LogP contribution in [0.15, 0.2) is 70.6 Å². The minimum Gasteiger partial charge on any atom is -0.344 e. The Morgan fingerprint density at radius 1 is 1.00 bits per heavy atom. The number of nitrogens with zero attached hydrogens (tertiary/aromatic N) is 6. The molecule has 0 bridgehead atoms. The number of aldehydes is 1. The molecule has 0 radical (unpaired) electrons. The Balaban J connectivity index is 0.000000163. The number of carbonyl (C=O) groups excluding carboxylic acids is 1. The maximum absolute atomic E-state index is 12.8. The van der Waals surface area contributed by atoms with E-state index in [1.165, 1.54) is 21.2 Å². The Labute approximate surface area is 218 Å². The molecule has 0 spiro atoms. The van der Waals surface area contributed by atoms with Crippen molar-refractivity contribution >= 4 is 28.7 Å². The summed E-state index contributed by atoms with van der Waals surface area (Å²) in [5, 5.41) is 7.94. The van der Waals surface area contributed by atoms with Gasteiger partial charge in [0.15, 0.2) is 12.1 Å². The first-order valence-corrected chi connectivity index (χ1v) is 12.4. The van der Waals surface area contributed by atoms with Gasteiger partial charge in [0, 0.05) is 56.7 Å². The van der Waals surface area contributed by atoms with Crippen LogP contribution in [0.5, 0.6) is 0 Å². The Morgan fingerprint density at radius 2 is 1.84 bits per heavy atom. The monoisotopic (exact) mass is 511 g/mol. The van der Waals surface area contributed by atoms with Gasteiger partial charge in [-0.05, 0) is 62.6 Å². The zero-order valence-electron chi connectivity index (χ0n) is 21.6. The van der Waals surface area contributed by atoms with Gasteiger partial charge in [0.2, 0.25) is 0 Å². The summed E-state index contributed by atoms with van der Waals surface area (Å²) >= 11 is 0. The Hall–Kier alpha value is -4.73. The van der Waals surface area contributed by atoms with Gasteiger partial charge in [-0.2, -0.15) is 5.10 Å². The third-order valence-electron chi connectivity index (χ3n) is 6.79. The van der Waals surface area contributed by atoms with E-state index in [0.29, 0.717) is 28.3 Å². The molecule has 1 aliphatic rings. The number of aryl methyl sites for hydroxylation is 5. The molecule has 0 saturated carbocycles. The second-order valence-corrected chi connectivity index (χ2v) is 9.33. The quantitative estimate of drug-likeness (QED) is 0.370. The Bertz CT molecular complexity index is 1740. The van der Waals surface area contributed by atoms with Crippen LogP contribution in [0.25, 0.3) is 16.7 Å². The zero-order valence-corrected chi connectivity index (χ0v) is 21.6. The van der Waals surface area contributed by atoms with Crippen molar-refractivity contribution < 1.29 is 4.79 Å². The summed E-state index contributed by atoms with van der Waals surface area (Å²) in [5.41, 5.74) is 3.98. The molecule has 194 valence electrons. The largest absolute Gasteiger partial charge is 0.344 e. The third kappa shape index (κ3) is 4.68. The van der Waals surface area contributed by atoms with Crippen LogP contribution in [-0.4, -0.2) is 34.8 Å². The Morgan fingerprint density at radius 3 is 2.61 bits per heavy atom. The van der Waals surface area contributed by atoms with Crippen LogP contribution >= 0.6 is 0 Å². The van der Waals surface area contributed by atoms with Gasteiger partial charge < -0.3 is 14.5 Å². The minimum absolute atomic E-state index is 0.0641. The van der Waals surface area contributed by atoms with E-state index in [-0.39, 0.29) is 11.1 Å². The van der Waals surface area contributed by atoms with E-state index in [1.54, 1.807) is 48.5 Å². The highest BCUT2D eigenvalue weighted by Gasteiger charge is 2.17. The maximum Gasteiger partial charge on any atom is 0.274 e. The molecule has 6 heterocycles. The molecule has 0 fully saturated rings. The average molecular weight is 512 g/mol. The predicted molar refractivity (Wildman–Crippen MR) is 147 cm³/mol. The van der Waals surface area contributed by atoms with Crippen LogP contribution < -0.4 is 16.4 Å². The summed E-state index contributed by atoms with van der Waals surface area (Å²) in [6.45, 7) is 2.92. The number of fused-ring (bicyclic) bond motifs is 3. The average Bonchev–Trinajstić information content (AvgIpc) is 3.46. The van der Waals surface area contributed by atoms with E-state index < -0.39 is 0 Å². The van der Waals surface area contributed by atoms with Crippen LogP contribution in [0, 0.1) is 6.92 Å². The van der Waals surface area contributed by atoms with Crippen LogP contribution in [0.2, 0.25) is 0 Å². The minimum atomic E-state index is -0.124. The summed E-state index contributed by atoms with van der Waals surface area (Å²) in [4.78, 5) is 39.9. The molecular formula is C28H29N7O3. The van der Waals surface area contributed by atoms with Crippen molar-refractivity contribution in [3.05, 3.63) is 98.7 Å². The molecule has 1 aliphatic heterocycles. The fourth-order valence-corrected chi connectivity index (χ4v) is 4.68. The van der Waals surface area contributed by atoms with Crippen molar-refractivity contribution in [2.24, 2.45) is 14.1 Å². The first kappa shape index (κ1) is 24.9. The number of carbonyl (C=O) groups is 1.